The molecule has 2 rings (SSSR count). The molecule has 5 heteroatoms. The van der Waals surface area contributed by atoms with E-state index >= 15 is 0 Å². The molecule has 0 aromatic heterocycles. The maximum atomic E-state index is 12.2. The predicted molar refractivity (Wildman–Crippen MR) is 64.8 cm³/mol. The summed E-state index contributed by atoms with van der Waals surface area (Å²) in [4.78, 5) is 24.8. The average molecular weight is 249 g/mol. The van der Waals surface area contributed by atoms with Crippen molar-refractivity contribution in [3.63, 3.8) is 0 Å². The van der Waals surface area contributed by atoms with Gasteiger partial charge in [0.2, 0.25) is 12.7 Å². The number of carbonyl (C=O) groups excluding carboxylic acids is 2. The van der Waals surface area contributed by atoms with Crippen molar-refractivity contribution in [3.05, 3.63) is 23.8 Å². The highest BCUT2D eigenvalue weighted by Crippen LogP contribution is 2.32. The van der Waals surface area contributed by atoms with E-state index < -0.39 is 6.04 Å². The molecule has 0 N–H and O–H groups in total. The van der Waals surface area contributed by atoms with Gasteiger partial charge in [-0.15, -0.1) is 0 Å². The van der Waals surface area contributed by atoms with Gasteiger partial charge in [0.05, 0.1) is 6.04 Å². The normalized spacial score (nSPS) is 14.2. The van der Waals surface area contributed by atoms with Gasteiger partial charge in [-0.25, -0.2) is 0 Å². The van der Waals surface area contributed by atoms with Crippen LogP contribution >= 0.6 is 0 Å². The zero-order valence-corrected chi connectivity index (χ0v) is 10.6. The quantitative estimate of drug-likeness (QED) is 0.761. The molecule has 0 saturated heterocycles. The van der Waals surface area contributed by atoms with Crippen molar-refractivity contribution < 1.29 is 19.1 Å². The number of nitrogens with zero attached hydrogens (tertiary/aromatic N) is 1. The number of hydrogen-bond acceptors (Lipinski definition) is 4. The molecule has 1 atom stereocenters. The van der Waals surface area contributed by atoms with E-state index in [0.717, 1.165) is 0 Å². The second kappa shape index (κ2) is 4.68. The number of Topliss-reactive ketones (excluding diaryl/α,β-unsaturated/α-hetero) is 1. The van der Waals surface area contributed by atoms with E-state index in [0.29, 0.717) is 17.1 Å². The van der Waals surface area contributed by atoms with Crippen LogP contribution in [-0.2, 0) is 4.79 Å². The second-order valence-corrected chi connectivity index (χ2v) is 4.24. The maximum absolute atomic E-state index is 12.2. The summed E-state index contributed by atoms with van der Waals surface area (Å²) in [6.45, 7) is 3.31. The number of ketones is 1. The minimum Gasteiger partial charge on any atom is -0.454 e. The first-order chi connectivity index (χ1) is 8.50. The van der Waals surface area contributed by atoms with E-state index in [9.17, 15) is 9.59 Å². The summed E-state index contributed by atoms with van der Waals surface area (Å²) in [6.07, 6.45) is 0. The minimum absolute atomic E-state index is 0.119. The fraction of sp³-hybridized carbons (Fsp3) is 0.385. The Labute approximate surface area is 105 Å². The van der Waals surface area contributed by atoms with Gasteiger partial charge < -0.3 is 14.4 Å². The molecule has 0 bridgehead atoms. The van der Waals surface area contributed by atoms with E-state index in [1.54, 1.807) is 32.2 Å². The first kappa shape index (κ1) is 12.4. The third-order valence-electron chi connectivity index (χ3n) is 3.11. The molecule has 18 heavy (non-hydrogen) atoms. The van der Waals surface area contributed by atoms with Gasteiger partial charge in [0.1, 0.15) is 0 Å². The zero-order chi connectivity index (χ0) is 13.3. The number of rotatable bonds is 3. The molecule has 1 aliphatic rings. The van der Waals surface area contributed by atoms with Gasteiger partial charge in [0.25, 0.3) is 0 Å². The minimum atomic E-state index is -0.497. The van der Waals surface area contributed by atoms with Crippen molar-refractivity contribution in [3.8, 4) is 11.5 Å². The van der Waals surface area contributed by atoms with Crippen LogP contribution in [0.5, 0.6) is 11.5 Å². The van der Waals surface area contributed by atoms with Gasteiger partial charge in [-0.2, -0.15) is 0 Å². The van der Waals surface area contributed by atoms with Crippen LogP contribution in [0.25, 0.3) is 0 Å². The van der Waals surface area contributed by atoms with Crippen LogP contribution in [0.3, 0.4) is 0 Å². The summed E-state index contributed by atoms with van der Waals surface area (Å²) in [5, 5.41) is 0. The lowest BCUT2D eigenvalue weighted by Crippen LogP contribution is -2.39. The summed E-state index contributed by atoms with van der Waals surface area (Å²) >= 11 is 0. The Bertz CT molecular complexity index is 498. The zero-order valence-electron chi connectivity index (χ0n) is 10.6. The Morgan fingerprint density at radius 3 is 2.61 bits per heavy atom. The smallest absolute Gasteiger partial charge is 0.231 e. The SMILES string of the molecule is CC(=O)N(C)C(C)C(=O)c1ccc2c(c1)OCO2. The third kappa shape index (κ3) is 2.16. The van der Waals surface area contributed by atoms with Gasteiger partial charge >= 0.3 is 0 Å². The van der Waals surface area contributed by atoms with Gasteiger partial charge in [0, 0.05) is 19.5 Å². The Morgan fingerprint density at radius 1 is 1.28 bits per heavy atom. The Hall–Kier alpha value is -2.04. The summed E-state index contributed by atoms with van der Waals surface area (Å²) in [5.74, 6) is 0.945. The van der Waals surface area contributed by atoms with Gasteiger partial charge in [-0.3, -0.25) is 9.59 Å². The third-order valence-corrected chi connectivity index (χ3v) is 3.11. The molecule has 96 valence electrons. The highest BCUT2D eigenvalue weighted by atomic mass is 16.7. The molecule has 0 aliphatic carbocycles. The largest absolute Gasteiger partial charge is 0.454 e. The van der Waals surface area contributed by atoms with Crippen LogP contribution in [0.2, 0.25) is 0 Å². The number of hydrogen-bond donors (Lipinski definition) is 0. The van der Waals surface area contributed by atoms with E-state index in [2.05, 4.69) is 0 Å². The van der Waals surface area contributed by atoms with Gasteiger partial charge in [0.15, 0.2) is 17.3 Å². The van der Waals surface area contributed by atoms with Crippen molar-refractivity contribution in [2.24, 2.45) is 0 Å². The highest BCUT2D eigenvalue weighted by molar-refractivity contribution is 6.01. The van der Waals surface area contributed by atoms with Crippen molar-refractivity contribution in [2.75, 3.05) is 13.8 Å². The second-order valence-electron chi connectivity index (χ2n) is 4.24. The average Bonchev–Trinajstić information content (AvgIpc) is 2.82. The molecular weight excluding hydrogens is 234 g/mol. The van der Waals surface area contributed by atoms with Crippen LogP contribution in [0, 0.1) is 0 Å². The van der Waals surface area contributed by atoms with Crippen LogP contribution in [0.1, 0.15) is 24.2 Å². The van der Waals surface area contributed by atoms with Gasteiger partial charge in [-0.05, 0) is 25.1 Å². The standard InChI is InChI=1S/C13H15NO4/c1-8(14(3)9(2)15)13(16)10-4-5-11-12(6-10)18-7-17-11/h4-6,8H,7H2,1-3H3. The van der Waals surface area contributed by atoms with Crippen molar-refractivity contribution >= 4 is 11.7 Å². The molecule has 5 nitrogen and oxygen atoms in total. The summed E-state index contributed by atoms with van der Waals surface area (Å²) in [5.41, 5.74) is 0.514. The number of benzene rings is 1. The monoisotopic (exact) mass is 249 g/mol. The first-order valence-electron chi connectivity index (χ1n) is 5.68. The highest BCUT2D eigenvalue weighted by Gasteiger charge is 2.23. The summed E-state index contributed by atoms with van der Waals surface area (Å²) in [6, 6.07) is 4.54. The van der Waals surface area contributed by atoms with E-state index in [1.165, 1.54) is 11.8 Å². The molecule has 0 fully saturated rings. The molecule has 1 aromatic rings. The lowest BCUT2D eigenvalue weighted by Gasteiger charge is -2.22. The number of amides is 1. The van der Waals surface area contributed by atoms with E-state index in [1.807, 2.05) is 0 Å². The molecule has 0 saturated carbocycles. The fourth-order valence-electron chi connectivity index (χ4n) is 1.74. The van der Waals surface area contributed by atoms with Gasteiger partial charge in [-0.1, -0.05) is 0 Å². The Balaban J connectivity index is 2.21. The fourth-order valence-corrected chi connectivity index (χ4v) is 1.74. The molecule has 0 radical (unpaired) electrons. The van der Waals surface area contributed by atoms with Crippen LogP contribution in [0.4, 0.5) is 0 Å². The molecule has 1 heterocycles. The molecule has 1 unspecified atom stereocenters. The predicted octanol–water partition coefficient (Wildman–Crippen LogP) is 1.46. The van der Waals surface area contributed by atoms with Crippen molar-refractivity contribution in [1.82, 2.24) is 4.90 Å². The number of carbonyl (C=O) groups is 2. The van der Waals surface area contributed by atoms with E-state index in [-0.39, 0.29) is 18.5 Å². The maximum Gasteiger partial charge on any atom is 0.231 e. The van der Waals surface area contributed by atoms with Crippen molar-refractivity contribution in [1.29, 1.82) is 0 Å². The molecule has 1 aromatic carbocycles. The Kier molecular flexibility index (Phi) is 3.23. The van der Waals surface area contributed by atoms with E-state index in [4.69, 9.17) is 9.47 Å². The van der Waals surface area contributed by atoms with Crippen LogP contribution in [0.15, 0.2) is 18.2 Å². The topological polar surface area (TPSA) is 55.8 Å². The number of fused-ring (bicyclic) bond motifs is 1. The van der Waals surface area contributed by atoms with Crippen LogP contribution in [-0.4, -0.2) is 36.5 Å². The molecule has 1 amide bonds. The summed E-state index contributed by atoms with van der Waals surface area (Å²) in [7, 11) is 1.61. The number of ether oxygens (including phenoxy) is 2. The van der Waals surface area contributed by atoms with Crippen LogP contribution < -0.4 is 9.47 Å². The first-order valence-corrected chi connectivity index (χ1v) is 5.68. The molecule has 1 aliphatic heterocycles. The lowest BCUT2D eigenvalue weighted by molar-refractivity contribution is -0.128. The molecule has 0 spiro atoms. The summed E-state index contributed by atoms with van der Waals surface area (Å²) < 4.78 is 10.4. The van der Waals surface area contributed by atoms with Crippen molar-refractivity contribution in [2.45, 2.75) is 19.9 Å². The molecular formula is C13H15NO4. The number of likely N-dealkylation sites (N-methyl/N-ethyl adjacent to an activating group) is 1. The lowest BCUT2D eigenvalue weighted by atomic mass is 10.0. The Morgan fingerprint density at radius 2 is 1.94 bits per heavy atom.